The van der Waals surface area contributed by atoms with E-state index in [1.165, 1.54) is 22.5 Å². The molecule has 0 bridgehead atoms. The van der Waals surface area contributed by atoms with E-state index in [-0.39, 0.29) is 0 Å². The van der Waals surface area contributed by atoms with Crippen LogP contribution in [0.25, 0.3) is 0 Å². The number of aliphatic imine (C=N–C) groups is 1. The van der Waals surface area contributed by atoms with Crippen molar-refractivity contribution >= 4 is 5.96 Å². The molecule has 0 amide bonds. The van der Waals surface area contributed by atoms with Crippen LogP contribution in [0.2, 0.25) is 0 Å². The first-order chi connectivity index (χ1) is 12.4. The molecule has 0 fully saturated rings. The molecule has 2 aromatic rings. The lowest BCUT2D eigenvalue weighted by molar-refractivity contribution is 0.703. The van der Waals surface area contributed by atoms with Gasteiger partial charge < -0.3 is 10.6 Å². The van der Waals surface area contributed by atoms with Crippen LogP contribution in [0, 0.1) is 13.8 Å². The first-order valence-corrected chi connectivity index (χ1v) is 9.47. The molecule has 0 unspecified atom stereocenters. The van der Waals surface area contributed by atoms with Crippen molar-refractivity contribution in [3.8, 4) is 0 Å². The molecule has 0 saturated carbocycles. The zero-order chi connectivity index (χ0) is 19.3. The number of guanidine groups is 1. The van der Waals surface area contributed by atoms with Crippen LogP contribution < -0.4 is 10.6 Å². The summed E-state index contributed by atoms with van der Waals surface area (Å²) in [6.45, 7) is 12.7. The highest BCUT2D eigenvalue weighted by molar-refractivity contribution is 5.79. The average molecular weight is 360 g/mol. The van der Waals surface area contributed by atoms with Crippen LogP contribution in [0.15, 0.2) is 4.99 Å². The van der Waals surface area contributed by atoms with Crippen molar-refractivity contribution in [1.82, 2.24) is 30.2 Å². The number of aromatic nitrogens is 4. The van der Waals surface area contributed by atoms with Gasteiger partial charge in [0, 0.05) is 49.7 Å². The summed E-state index contributed by atoms with van der Waals surface area (Å²) in [5.74, 6) is 0.822. The van der Waals surface area contributed by atoms with Crippen molar-refractivity contribution in [3.05, 3.63) is 33.9 Å². The Labute approximate surface area is 156 Å². The summed E-state index contributed by atoms with van der Waals surface area (Å²) in [7, 11) is 3.99. The Morgan fingerprint density at radius 2 is 1.69 bits per heavy atom. The molecule has 2 aromatic heterocycles. The lowest BCUT2D eigenvalue weighted by Crippen LogP contribution is -2.37. The zero-order valence-electron chi connectivity index (χ0n) is 17.3. The largest absolute Gasteiger partial charge is 0.357 e. The number of nitrogens with zero attached hydrogens (tertiary/aromatic N) is 5. The molecule has 0 spiro atoms. The Balaban J connectivity index is 2.17. The van der Waals surface area contributed by atoms with Gasteiger partial charge in [0.25, 0.3) is 0 Å². The van der Waals surface area contributed by atoms with Gasteiger partial charge in [0.2, 0.25) is 0 Å². The average Bonchev–Trinajstić information content (AvgIpc) is 3.05. The Hall–Kier alpha value is -2.31. The Kier molecular flexibility index (Phi) is 6.83. The van der Waals surface area contributed by atoms with Crippen LogP contribution in [-0.4, -0.2) is 32.1 Å². The maximum Gasteiger partial charge on any atom is 0.191 e. The van der Waals surface area contributed by atoms with Crippen molar-refractivity contribution < 1.29 is 0 Å². The first-order valence-electron chi connectivity index (χ1n) is 9.47. The van der Waals surface area contributed by atoms with E-state index in [1.807, 2.05) is 30.4 Å². The van der Waals surface area contributed by atoms with Gasteiger partial charge in [0.15, 0.2) is 5.96 Å². The second-order valence-electron chi connectivity index (χ2n) is 6.52. The predicted octanol–water partition coefficient (Wildman–Crippen LogP) is 2.15. The minimum Gasteiger partial charge on any atom is -0.357 e. The highest BCUT2D eigenvalue weighted by Crippen LogP contribution is 2.16. The summed E-state index contributed by atoms with van der Waals surface area (Å²) in [6.07, 6.45) is 1.89. The lowest BCUT2D eigenvalue weighted by Gasteiger charge is -2.12. The number of nitrogens with one attached hydrogen (secondary N) is 2. The summed E-state index contributed by atoms with van der Waals surface area (Å²) >= 11 is 0. The molecular formula is C19H33N7. The van der Waals surface area contributed by atoms with E-state index in [1.54, 1.807) is 0 Å². The number of aryl methyl sites for hydroxylation is 4. The summed E-state index contributed by atoms with van der Waals surface area (Å²) in [5.41, 5.74) is 7.12. The fourth-order valence-corrected chi connectivity index (χ4v) is 3.32. The van der Waals surface area contributed by atoms with E-state index in [4.69, 9.17) is 4.99 Å². The summed E-state index contributed by atoms with van der Waals surface area (Å²) < 4.78 is 3.92. The first kappa shape index (κ1) is 20.0. The predicted molar refractivity (Wildman–Crippen MR) is 106 cm³/mol. The van der Waals surface area contributed by atoms with Gasteiger partial charge in [-0.05, 0) is 33.6 Å². The molecule has 7 nitrogen and oxygen atoms in total. The fourth-order valence-electron chi connectivity index (χ4n) is 3.32. The molecule has 0 aliphatic carbocycles. The summed E-state index contributed by atoms with van der Waals surface area (Å²) in [6, 6.07) is 0. The highest BCUT2D eigenvalue weighted by Gasteiger charge is 2.14. The third kappa shape index (κ3) is 4.26. The van der Waals surface area contributed by atoms with Gasteiger partial charge in [-0.1, -0.05) is 13.8 Å². The van der Waals surface area contributed by atoms with Gasteiger partial charge in [-0.15, -0.1) is 0 Å². The van der Waals surface area contributed by atoms with Crippen LogP contribution in [0.3, 0.4) is 0 Å². The van der Waals surface area contributed by atoms with E-state index in [2.05, 4.69) is 48.5 Å². The molecule has 0 saturated heterocycles. The van der Waals surface area contributed by atoms with Crippen LogP contribution in [0.5, 0.6) is 0 Å². The van der Waals surface area contributed by atoms with Crippen molar-refractivity contribution in [2.45, 2.75) is 60.5 Å². The molecule has 0 aliphatic rings. The maximum atomic E-state index is 4.81. The second kappa shape index (κ2) is 8.87. The molecule has 26 heavy (non-hydrogen) atoms. The molecule has 7 heteroatoms. The van der Waals surface area contributed by atoms with Crippen LogP contribution in [-0.2, 0) is 40.0 Å². The van der Waals surface area contributed by atoms with Gasteiger partial charge in [0.1, 0.15) is 0 Å². The zero-order valence-corrected chi connectivity index (χ0v) is 17.3. The third-order valence-corrected chi connectivity index (χ3v) is 4.86. The Morgan fingerprint density at radius 1 is 0.962 bits per heavy atom. The number of hydrogen-bond donors (Lipinski definition) is 2. The minimum atomic E-state index is 0.639. The van der Waals surface area contributed by atoms with Crippen LogP contribution >= 0.6 is 0 Å². The molecule has 2 N–H and O–H groups in total. The Bertz CT molecular complexity index is 767. The number of rotatable bonds is 7. The smallest absolute Gasteiger partial charge is 0.191 e. The van der Waals surface area contributed by atoms with Crippen LogP contribution in [0.1, 0.15) is 54.7 Å². The topological polar surface area (TPSA) is 72.1 Å². The van der Waals surface area contributed by atoms with E-state index < -0.39 is 0 Å². The Morgan fingerprint density at radius 3 is 2.23 bits per heavy atom. The highest BCUT2D eigenvalue weighted by atomic mass is 15.3. The minimum absolute atomic E-state index is 0.639. The summed E-state index contributed by atoms with van der Waals surface area (Å²) in [5, 5.41) is 15.9. The monoisotopic (exact) mass is 359 g/mol. The number of hydrogen-bond acceptors (Lipinski definition) is 3. The second-order valence-corrected chi connectivity index (χ2v) is 6.52. The van der Waals surface area contributed by atoms with Crippen molar-refractivity contribution in [1.29, 1.82) is 0 Å². The molecule has 0 radical (unpaired) electrons. The third-order valence-electron chi connectivity index (χ3n) is 4.86. The standard InChI is InChI=1S/C19H33N7/c1-8-17-16(18(9-2)26(7)24-17)12-22-19(20-10-3)21-11-15-13(4)23-25(6)14(15)5/h8-12H2,1-7H3,(H2,20,21,22). The lowest BCUT2D eigenvalue weighted by atomic mass is 10.1. The van der Waals surface area contributed by atoms with Gasteiger partial charge >= 0.3 is 0 Å². The molecular weight excluding hydrogens is 326 g/mol. The van der Waals surface area contributed by atoms with E-state index in [0.717, 1.165) is 36.7 Å². The van der Waals surface area contributed by atoms with E-state index >= 15 is 0 Å². The van der Waals surface area contributed by atoms with E-state index in [9.17, 15) is 0 Å². The quantitative estimate of drug-likeness (QED) is 0.587. The normalized spacial score (nSPS) is 11.9. The van der Waals surface area contributed by atoms with Crippen molar-refractivity contribution in [3.63, 3.8) is 0 Å². The van der Waals surface area contributed by atoms with Crippen LogP contribution in [0.4, 0.5) is 0 Å². The van der Waals surface area contributed by atoms with Gasteiger partial charge in [-0.25, -0.2) is 4.99 Å². The molecule has 144 valence electrons. The van der Waals surface area contributed by atoms with Gasteiger partial charge in [-0.2, -0.15) is 10.2 Å². The van der Waals surface area contributed by atoms with Gasteiger partial charge in [0.05, 0.1) is 17.9 Å². The fraction of sp³-hybridized carbons (Fsp3) is 0.632. The molecule has 0 atom stereocenters. The molecule has 2 rings (SSSR count). The molecule has 0 aliphatic heterocycles. The van der Waals surface area contributed by atoms with Crippen molar-refractivity contribution in [2.75, 3.05) is 6.54 Å². The SMILES string of the molecule is CCNC(=NCc1c(CC)nn(C)c1CC)NCc1c(C)nn(C)c1C. The molecule has 2 heterocycles. The maximum absolute atomic E-state index is 4.81. The molecule has 0 aromatic carbocycles. The van der Waals surface area contributed by atoms with Crippen molar-refractivity contribution in [2.24, 2.45) is 19.1 Å². The van der Waals surface area contributed by atoms with Gasteiger partial charge in [-0.3, -0.25) is 9.36 Å². The van der Waals surface area contributed by atoms with E-state index in [0.29, 0.717) is 13.1 Å². The summed E-state index contributed by atoms with van der Waals surface area (Å²) in [4.78, 5) is 4.81.